The SMILES string of the molecule is OCCOc1ccc(Br)cc1OCCO. The maximum absolute atomic E-state index is 8.65. The van der Waals surface area contributed by atoms with E-state index >= 15 is 0 Å². The number of aliphatic hydroxyl groups excluding tert-OH is 2. The molecule has 0 radical (unpaired) electrons. The molecular weight excluding hydrogens is 264 g/mol. The van der Waals surface area contributed by atoms with Gasteiger partial charge in [0.25, 0.3) is 0 Å². The summed E-state index contributed by atoms with van der Waals surface area (Å²) in [7, 11) is 0. The summed E-state index contributed by atoms with van der Waals surface area (Å²) < 4.78 is 11.4. The topological polar surface area (TPSA) is 58.9 Å². The first kappa shape index (κ1) is 12.3. The number of ether oxygens (including phenoxy) is 2. The molecule has 2 N–H and O–H groups in total. The number of aliphatic hydroxyl groups is 2. The molecule has 0 saturated heterocycles. The molecule has 0 heterocycles. The van der Waals surface area contributed by atoms with Gasteiger partial charge in [0.2, 0.25) is 0 Å². The van der Waals surface area contributed by atoms with Gasteiger partial charge in [-0.2, -0.15) is 0 Å². The van der Waals surface area contributed by atoms with Crippen LogP contribution in [0.5, 0.6) is 11.5 Å². The molecule has 0 amide bonds. The Morgan fingerprint density at radius 3 is 2.20 bits per heavy atom. The van der Waals surface area contributed by atoms with Gasteiger partial charge in [-0.05, 0) is 18.2 Å². The molecule has 84 valence electrons. The van der Waals surface area contributed by atoms with Crippen molar-refractivity contribution >= 4 is 15.9 Å². The van der Waals surface area contributed by atoms with Gasteiger partial charge in [0.05, 0.1) is 13.2 Å². The van der Waals surface area contributed by atoms with Crippen LogP contribution in [-0.4, -0.2) is 36.6 Å². The average molecular weight is 277 g/mol. The summed E-state index contributed by atoms with van der Waals surface area (Å²) in [6.07, 6.45) is 0. The Bertz CT molecular complexity index is 303. The van der Waals surface area contributed by atoms with Crippen molar-refractivity contribution < 1.29 is 19.7 Å². The Morgan fingerprint density at radius 1 is 1.00 bits per heavy atom. The number of benzene rings is 1. The van der Waals surface area contributed by atoms with Gasteiger partial charge < -0.3 is 19.7 Å². The van der Waals surface area contributed by atoms with Crippen molar-refractivity contribution in [2.24, 2.45) is 0 Å². The molecule has 0 aliphatic rings. The summed E-state index contributed by atoms with van der Waals surface area (Å²) in [6, 6.07) is 5.31. The van der Waals surface area contributed by atoms with Crippen LogP contribution in [0.4, 0.5) is 0 Å². The van der Waals surface area contributed by atoms with E-state index in [9.17, 15) is 0 Å². The largest absolute Gasteiger partial charge is 0.487 e. The van der Waals surface area contributed by atoms with E-state index in [2.05, 4.69) is 15.9 Å². The van der Waals surface area contributed by atoms with Crippen LogP contribution in [0.15, 0.2) is 22.7 Å². The lowest BCUT2D eigenvalue weighted by atomic mass is 10.3. The molecule has 0 atom stereocenters. The summed E-state index contributed by atoms with van der Waals surface area (Å²) in [5.41, 5.74) is 0. The van der Waals surface area contributed by atoms with Gasteiger partial charge in [-0.1, -0.05) is 15.9 Å². The number of halogens is 1. The molecule has 0 saturated carbocycles. The molecule has 0 aromatic heterocycles. The molecule has 0 aliphatic carbocycles. The first-order chi connectivity index (χ1) is 7.27. The minimum Gasteiger partial charge on any atom is -0.487 e. The highest BCUT2D eigenvalue weighted by Gasteiger charge is 2.05. The maximum Gasteiger partial charge on any atom is 0.162 e. The van der Waals surface area contributed by atoms with Crippen molar-refractivity contribution in [3.8, 4) is 11.5 Å². The van der Waals surface area contributed by atoms with Gasteiger partial charge >= 0.3 is 0 Å². The molecule has 0 fully saturated rings. The van der Waals surface area contributed by atoms with E-state index in [0.717, 1.165) is 4.47 Å². The molecule has 1 aromatic carbocycles. The third kappa shape index (κ3) is 4.07. The van der Waals surface area contributed by atoms with Crippen LogP contribution < -0.4 is 9.47 Å². The van der Waals surface area contributed by atoms with Crippen LogP contribution in [0.1, 0.15) is 0 Å². The second-order valence-corrected chi connectivity index (χ2v) is 3.65. The maximum atomic E-state index is 8.65. The fourth-order valence-corrected chi connectivity index (χ4v) is 1.37. The predicted molar refractivity (Wildman–Crippen MR) is 59.3 cm³/mol. The molecule has 1 rings (SSSR count). The van der Waals surface area contributed by atoms with Crippen LogP contribution in [0.3, 0.4) is 0 Å². The van der Waals surface area contributed by atoms with Crippen molar-refractivity contribution in [1.29, 1.82) is 0 Å². The summed E-state index contributed by atoms with van der Waals surface area (Å²) >= 11 is 3.31. The Kier molecular flexibility index (Phi) is 5.45. The lowest BCUT2D eigenvalue weighted by molar-refractivity contribution is 0.178. The summed E-state index contributed by atoms with van der Waals surface area (Å²) in [6.45, 7) is 0.338. The molecular formula is C10H13BrO4. The summed E-state index contributed by atoms with van der Waals surface area (Å²) in [4.78, 5) is 0. The molecule has 0 bridgehead atoms. The van der Waals surface area contributed by atoms with Crippen LogP contribution in [0.25, 0.3) is 0 Å². The molecule has 1 aromatic rings. The molecule has 15 heavy (non-hydrogen) atoms. The smallest absolute Gasteiger partial charge is 0.162 e. The molecule has 0 spiro atoms. The third-order valence-electron chi connectivity index (χ3n) is 1.60. The first-order valence-electron chi connectivity index (χ1n) is 4.55. The van der Waals surface area contributed by atoms with Gasteiger partial charge in [0.15, 0.2) is 11.5 Å². The highest BCUT2D eigenvalue weighted by Crippen LogP contribution is 2.30. The minimum absolute atomic E-state index is 0.0461. The summed E-state index contributed by atoms with van der Waals surface area (Å²) in [5.74, 6) is 1.10. The average Bonchev–Trinajstić information content (AvgIpc) is 2.25. The fourth-order valence-electron chi connectivity index (χ4n) is 1.03. The second kappa shape index (κ2) is 6.66. The van der Waals surface area contributed by atoms with Crippen molar-refractivity contribution in [2.75, 3.05) is 26.4 Å². The zero-order valence-electron chi connectivity index (χ0n) is 8.15. The Morgan fingerprint density at radius 2 is 1.60 bits per heavy atom. The quantitative estimate of drug-likeness (QED) is 0.820. The van der Waals surface area contributed by atoms with Crippen molar-refractivity contribution in [3.63, 3.8) is 0 Å². The second-order valence-electron chi connectivity index (χ2n) is 2.74. The highest BCUT2D eigenvalue weighted by molar-refractivity contribution is 9.10. The highest BCUT2D eigenvalue weighted by atomic mass is 79.9. The van der Waals surface area contributed by atoms with Crippen molar-refractivity contribution in [2.45, 2.75) is 0 Å². The predicted octanol–water partition coefficient (Wildman–Crippen LogP) is 1.19. The van der Waals surface area contributed by atoms with Crippen molar-refractivity contribution in [3.05, 3.63) is 22.7 Å². The minimum atomic E-state index is -0.0496. The van der Waals surface area contributed by atoms with Gasteiger partial charge in [0.1, 0.15) is 13.2 Å². The van der Waals surface area contributed by atoms with E-state index in [0.29, 0.717) is 11.5 Å². The number of hydrogen-bond donors (Lipinski definition) is 2. The molecule has 5 heteroatoms. The third-order valence-corrected chi connectivity index (χ3v) is 2.10. The normalized spacial score (nSPS) is 10.1. The van der Waals surface area contributed by atoms with E-state index in [1.165, 1.54) is 0 Å². The van der Waals surface area contributed by atoms with Crippen LogP contribution in [-0.2, 0) is 0 Å². The van der Waals surface area contributed by atoms with Gasteiger partial charge in [-0.25, -0.2) is 0 Å². The summed E-state index contributed by atoms with van der Waals surface area (Å²) in [5, 5.41) is 17.3. The monoisotopic (exact) mass is 276 g/mol. The molecule has 0 aliphatic heterocycles. The zero-order chi connectivity index (χ0) is 11.1. The Balaban J connectivity index is 2.73. The number of hydrogen-bond acceptors (Lipinski definition) is 4. The van der Waals surface area contributed by atoms with Crippen molar-refractivity contribution in [1.82, 2.24) is 0 Å². The van der Waals surface area contributed by atoms with Crippen LogP contribution >= 0.6 is 15.9 Å². The molecule has 4 nitrogen and oxygen atoms in total. The van der Waals surface area contributed by atoms with Gasteiger partial charge in [0, 0.05) is 4.47 Å². The zero-order valence-corrected chi connectivity index (χ0v) is 9.74. The molecule has 0 unspecified atom stereocenters. The first-order valence-corrected chi connectivity index (χ1v) is 5.34. The standard InChI is InChI=1S/C10H13BrO4/c11-8-1-2-9(14-5-3-12)10(7-8)15-6-4-13/h1-2,7,12-13H,3-6H2. The number of rotatable bonds is 6. The fraction of sp³-hybridized carbons (Fsp3) is 0.400. The lowest BCUT2D eigenvalue weighted by Gasteiger charge is -2.11. The van der Waals surface area contributed by atoms with E-state index in [4.69, 9.17) is 19.7 Å². The van der Waals surface area contributed by atoms with Gasteiger partial charge in [-0.3, -0.25) is 0 Å². The van der Waals surface area contributed by atoms with Crippen LogP contribution in [0.2, 0.25) is 0 Å². The van der Waals surface area contributed by atoms with E-state index < -0.39 is 0 Å². The van der Waals surface area contributed by atoms with E-state index in [1.807, 2.05) is 6.07 Å². The van der Waals surface area contributed by atoms with E-state index in [-0.39, 0.29) is 26.4 Å². The van der Waals surface area contributed by atoms with Gasteiger partial charge in [-0.15, -0.1) is 0 Å². The lowest BCUT2D eigenvalue weighted by Crippen LogP contribution is -2.06. The van der Waals surface area contributed by atoms with Crippen LogP contribution in [0, 0.1) is 0 Å². The Hall–Kier alpha value is -0.780. The van der Waals surface area contributed by atoms with E-state index in [1.54, 1.807) is 12.1 Å². The Labute approximate surface area is 96.6 Å².